The van der Waals surface area contributed by atoms with Gasteiger partial charge in [0.15, 0.2) is 5.17 Å². The number of nitrogens with two attached hydrogens (primary N) is 1. The molecule has 3 rings (SSSR count). The largest absolute Gasteiger partial charge is 0.445 e. The Balaban J connectivity index is 1.77. The molecule has 2 aromatic heterocycles. The second-order valence-electron chi connectivity index (χ2n) is 5.40. The van der Waals surface area contributed by atoms with E-state index in [-0.39, 0.29) is 11.6 Å². The van der Waals surface area contributed by atoms with Gasteiger partial charge >= 0.3 is 0 Å². The molecule has 0 radical (unpaired) electrons. The maximum atomic E-state index is 12.3. The lowest BCUT2D eigenvalue weighted by Crippen LogP contribution is -2.25. The summed E-state index contributed by atoms with van der Waals surface area (Å²) < 4.78 is 16.6. The summed E-state index contributed by atoms with van der Waals surface area (Å²) in [5, 5.41) is 5.01. The maximum absolute atomic E-state index is 12.3. The van der Waals surface area contributed by atoms with Crippen LogP contribution in [0.25, 0.3) is 0 Å². The van der Waals surface area contributed by atoms with Gasteiger partial charge in [0, 0.05) is 11.9 Å². The van der Waals surface area contributed by atoms with Crippen LogP contribution in [-0.4, -0.2) is 32.9 Å². The Morgan fingerprint density at radius 1 is 1.38 bits per heavy atom. The van der Waals surface area contributed by atoms with E-state index < -0.39 is 18.3 Å². The molecule has 134 valence electrons. The van der Waals surface area contributed by atoms with Crippen LogP contribution in [0.5, 0.6) is 5.88 Å². The lowest BCUT2D eigenvalue weighted by atomic mass is 9.98. The lowest BCUT2D eigenvalue weighted by Gasteiger charge is -2.24. The van der Waals surface area contributed by atoms with Crippen LogP contribution in [0.4, 0.5) is 10.1 Å². The summed E-state index contributed by atoms with van der Waals surface area (Å²) >= 11 is 1.33. The molecule has 0 aliphatic carbocycles. The van der Waals surface area contributed by atoms with Crippen molar-refractivity contribution in [3.8, 4) is 5.88 Å². The van der Waals surface area contributed by atoms with E-state index in [1.165, 1.54) is 24.2 Å². The Hall–Kier alpha value is -3.01. The third kappa shape index (κ3) is 3.97. The third-order valence-corrected chi connectivity index (χ3v) is 4.13. The Bertz CT molecular complexity index is 873. The molecule has 1 atom stereocenters. The summed E-state index contributed by atoms with van der Waals surface area (Å²) in [6.07, 6.45) is 5.84. The molecule has 0 unspecified atom stereocenters. The predicted molar refractivity (Wildman–Crippen MR) is 96.5 cm³/mol. The van der Waals surface area contributed by atoms with Crippen molar-refractivity contribution < 1.29 is 13.9 Å². The van der Waals surface area contributed by atoms with E-state index in [1.54, 1.807) is 18.3 Å². The summed E-state index contributed by atoms with van der Waals surface area (Å²) in [7, 11) is 0. The Morgan fingerprint density at radius 3 is 2.92 bits per heavy atom. The summed E-state index contributed by atoms with van der Waals surface area (Å²) in [6, 6.07) is 3.36. The van der Waals surface area contributed by atoms with Crippen molar-refractivity contribution in [1.29, 1.82) is 0 Å². The van der Waals surface area contributed by atoms with Crippen molar-refractivity contribution in [3.05, 3.63) is 53.6 Å². The van der Waals surface area contributed by atoms with Gasteiger partial charge in [0.1, 0.15) is 11.2 Å². The molecule has 1 aliphatic heterocycles. The zero-order chi connectivity index (χ0) is 18.6. The molecule has 0 bridgehead atoms. The lowest BCUT2D eigenvalue weighted by molar-refractivity contribution is 0.102. The molecule has 0 aromatic carbocycles. The summed E-state index contributed by atoms with van der Waals surface area (Å²) in [4.78, 5) is 28.7. The van der Waals surface area contributed by atoms with Crippen molar-refractivity contribution >= 4 is 28.5 Å². The number of thioether (sulfide) groups is 1. The third-order valence-electron chi connectivity index (χ3n) is 3.52. The number of rotatable bonds is 5. The zero-order valence-corrected chi connectivity index (χ0v) is 14.5. The quantitative estimate of drug-likeness (QED) is 0.824. The molecule has 10 heteroatoms. The fourth-order valence-electron chi connectivity index (χ4n) is 2.22. The van der Waals surface area contributed by atoms with Gasteiger partial charge < -0.3 is 15.8 Å². The maximum Gasteiger partial charge on any atom is 0.275 e. The number of ether oxygens (including phenoxy) is 1. The van der Waals surface area contributed by atoms with Crippen LogP contribution in [0, 0.1) is 0 Å². The van der Waals surface area contributed by atoms with Crippen LogP contribution in [0.3, 0.4) is 0 Å². The molecule has 1 aliphatic rings. The number of hydrogen-bond donors (Lipinski definition) is 2. The Morgan fingerprint density at radius 2 is 2.23 bits per heavy atom. The van der Waals surface area contributed by atoms with Crippen LogP contribution >= 0.6 is 11.8 Å². The molecule has 2 aromatic rings. The van der Waals surface area contributed by atoms with E-state index in [4.69, 9.17) is 5.73 Å². The molecule has 0 spiro atoms. The normalized spacial score (nSPS) is 18.9. The summed E-state index contributed by atoms with van der Waals surface area (Å²) in [6.45, 7) is 0.859. The highest BCUT2D eigenvalue weighted by molar-refractivity contribution is 8.16. The van der Waals surface area contributed by atoms with Gasteiger partial charge in [-0.2, -0.15) is 0 Å². The average molecular weight is 374 g/mol. The second-order valence-corrected chi connectivity index (χ2v) is 6.32. The number of aliphatic imine (C=N–C) groups is 1. The molecule has 26 heavy (non-hydrogen) atoms. The minimum atomic E-state index is -1.02. The number of nitrogens with one attached hydrogen (secondary N) is 1. The number of pyridine rings is 1. The van der Waals surface area contributed by atoms with Gasteiger partial charge in [0.2, 0.25) is 12.7 Å². The number of carbonyl (C=O) groups excluding carboxylic acids is 1. The van der Waals surface area contributed by atoms with Gasteiger partial charge in [-0.3, -0.25) is 9.78 Å². The first-order valence-electron chi connectivity index (χ1n) is 7.48. The Labute approximate surface area is 152 Å². The number of amides is 1. The van der Waals surface area contributed by atoms with Gasteiger partial charge in [-0.15, -0.1) is 0 Å². The number of anilines is 1. The van der Waals surface area contributed by atoms with Crippen molar-refractivity contribution in [1.82, 2.24) is 15.0 Å². The second kappa shape index (κ2) is 7.48. The molecular weight excluding hydrogens is 359 g/mol. The number of halogens is 1. The van der Waals surface area contributed by atoms with E-state index in [0.29, 0.717) is 16.5 Å². The van der Waals surface area contributed by atoms with Crippen molar-refractivity contribution in [2.75, 3.05) is 12.2 Å². The molecule has 0 fully saturated rings. The van der Waals surface area contributed by atoms with Crippen molar-refractivity contribution in [2.45, 2.75) is 12.5 Å². The van der Waals surface area contributed by atoms with Crippen LogP contribution in [-0.2, 0) is 5.54 Å². The topological polar surface area (TPSA) is 115 Å². The number of hydrogen-bond acceptors (Lipinski definition) is 8. The van der Waals surface area contributed by atoms with Gasteiger partial charge in [-0.1, -0.05) is 11.8 Å². The van der Waals surface area contributed by atoms with Crippen molar-refractivity contribution in [2.24, 2.45) is 10.7 Å². The molecule has 0 saturated heterocycles. The SMILES string of the molecule is C[C@@]1(c2cc(NC(=O)c3cnc(OCF)cn3)ccn2)C=CSC(N)=N1. The Kier molecular flexibility index (Phi) is 5.12. The van der Waals surface area contributed by atoms with E-state index in [0.717, 1.165) is 0 Å². The molecule has 3 N–H and O–H groups in total. The molecular formula is C16H15FN6O2S. The van der Waals surface area contributed by atoms with E-state index in [2.05, 4.69) is 30.0 Å². The van der Waals surface area contributed by atoms with Crippen LogP contribution < -0.4 is 15.8 Å². The van der Waals surface area contributed by atoms with Crippen LogP contribution in [0.15, 0.2) is 47.2 Å². The molecule has 8 nitrogen and oxygen atoms in total. The van der Waals surface area contributed by atoms with Gasteiger partial charge in [0.25, 0.3) is 5.91 Å². The predicted octanol–water partition coefficient (Wildman–Crippen LogP) is 2.22. The van der Waals surface area contributed by atoms with Crippen molar-refractivity contribution in [3.63, 3.8) is 0 Å². The number of nitrogens with zero attached hydrogens (tertiary/aromatic N) is 4. The summed E-state index contributed by atoms with van der Waals surface area (Å²) in [5.41, 5.74) is 6.30. The number of amidine groups is 1. The van der Waals surface area contributed by atoms with E-state index >= 15 is 0 Å². The average Bonchev–Trinajstić information content (AvgIpc) is 2.63. The highest BCUT2D eigenvalue weighted by Crippen LogP contribution is 2.32. The fourth-order valence-corrected chi connectivity index (χ4v) is 2.93. The van der Waals surface area contributed by atoms with E-state index in [9.17, 15) is 9.18 Å². The highest BCUT2D eigenvalue weighted by Gasteiger charge is 2.27. The smallest absolute Gasteiger partial charge is 0.275 e. The summed E-state index contributed by atoms with van der Waals surface area (Å²) in [5.74, 6) is -0.468. The molecule has 1 amide bonds. The zero-order valence-electron chi connectivity index (χ0n) is 13.7. The number of alkyl halides is 1. The van der Waals surface area contributed by atoms with Gasteiger partial charge in [0.05, 0.1) is 18.1 Å². The minimum absolute atomic E-state index is 0.000535. The monoisotopic (exact) mass is 374 g/mol. The van der Waals surface area contributed by atoms with Crippen LogP contribution in [0.1, 0.15) is 23.1 Å². The first-order chi connectivity index (χ1) is 12.5. The minimum Gasteiger partial charge on any atom is -0.445 e. The van der Waals surface area contributed by atoms with E-state index in [1.807, 2.05) is 18.4 Å². The van der Waals surface area contributed by atoms with Crippen LogP contribution in [0.2, 0.25) is 0 Å². The number of aromatic nitrogens is 3. The molecule has 3 heterocycles. The number of carbonyl (C=O) groups is 1. The molecule has 0 saturated carbocycles. The standard InChI is InChI=1S/C16H15FN6O2S/c1-16(3-5-26-15(18)23-16)12-6-10(2-4-19-12)22-14(24)11-7-21-13(8-20-11)25-9-17/h2-8H,9H2,1H3,(H2,18,23)(H,19,22,24)/t16-/m0/s1. The first kappa shape index (κ1) is 17.8. The van der Waals surface area contributed by atoms with Gasteiger partial charge in [-0.25, -0.2) is 19.4 Å². The fraction of sp³-hybridized carbons (Fsp3) is 0.188. The highest BCUT2D eigenvalue weighted by atomic mass is 32.2. The van der Waals surface area contributed by atoms with Gasteiger partial charge in [-0.05, 0) is 30.5 Å². The first-order valence-corrected chi connectivity index (χ1v) is 8.36.